The van der Waals surface area contributed by atoms with E-state index in [1.165, 1.54) is 29.2 Å². The van der Waals surface area contributed by atoms with Gasteiger partial charge in [-0.15, -0.1) is 0 Å². The predicted octanol–water partition coefficient (Wildman–Crippen LogP) is 5.79. The number of amides is 2. The van der Waals surface area contributed by atoms with Crippen molar-refractivity contribution in [1.82, 2.24) is 10.2 Å². The lowest BCUT2D eigenvalue weighted by atomic mass is 10.1. The summed E-state index contributed by atoms with van der Waals surface area (Å²) in [5, 5.41) is 4.00. The monoisotopic (exact) mass is 595 g/mol. The first-order valence-corrected chi connectivity index (χ1v) is 14.4. The Bertz CT molecular complexity index is 1230. The number of hydrogen-bond donors (Lipinski definition) is 1. The molecule has 1 atom stereocenters. The molecule has 2 rings (SSSR count). The van der Waals surface area contributed by atoms with Crippen molar-refractivity contribution in [3.63, 3.8) is 0 Å². The van der Waals surface area contributed by atoms with Crippen LogP contribution in [0.5, 0.6) is 0 Å². The van der Waals surface area contributed by atoms with Gasteiger partial charge in [0.05, 0.1) is 22.0 Å². The third-order valence-electron chi connectivity index (χ3n) is 5.11. The van der Waals surface area contributed by atoms with Gasteiger partial charge < -0.3 is 10.2 Å². The number of sulfonamides is 1. The highest BCUT2D eigenvalue weighted by molar-refractivity contribution is 7.92. The SMILES string of the molecule is CC[C@@H](C(=O)NC(C)(C)C)N(Cc1ccc(Cl)cc1Cl)C(=O)CN(c1ccc(Cl)c(Cl)c1)S(C)(=O)=O. The van der Waals surface area contributed by atoms with Crippen LogP contribution in [0.15, 0.2) is 36.4 Å². The summed E-state index contributed by atoms with van der Waals surface area (Å²) in [4.78, 5) is 28.2. The maximum Gasteiger partial charge on any atom is 0.244 e. The van der Waals surface area contributed by atoms with Crippen LogP contribution in [0.1, 0.15) is 39.7 Å². The molecule has 0 saturated carbocycles. The van der Waals surface area contributed by atoms with E-state index in [0.29, 0.717) is 15.6 Å². The van der Waals surface area contributed by atoms with E-state index < -0.39 is 34.1 Å². The second-order valence-electron chi connectivity index (χ2n) is 9.29. The molecule has 0 spiro atoms. The molecular weight excluding hydrogens is 568 g/mol. The maximum absolute atomic E-state index is 13.7. The molecule has 0 fully saturated rings. The van der Waals surface area contributed by atoms with Crippen molar-refractivity contribution in [2.24, 2.45) is 0 Å². The van der Waals surface area contributed by atoms with Gasteiger partial charge in [-0.1, -0.05) is 59.4 Å². The van der Waals surface area contributed by atoms with E-state index in [0.717, 1.165) is 10.6 Å². The van der Waals surface area contributed by atoms with Crippen LogP contribution in [-0.4, -0.2) is 49.5 Å². The normalized spacial score (nSPS) is 12.7. The zero-order chi connectivity index (χ0) is 27.4. The molecule has 0 aliphatic heterocycles. The quantitative estimate of drug-likeness (QED) is 0.397. The molecule has 0 radical (unpaired) electrons. The average molecular weight is 597 g/mol. The number of carbonyl (C=O) groups is 2. The van der Waals surface area contributed by atoms with Crippen LogP contribution in [0.2, 0.25) is 20.1 Å². The molecule has 7 nitrogen and oxygen atoms in total. The Labute approximate surface area is 232 Å². The summed E-state index contributed by atoms with van der Waals surface area (Å²) < 4.78 is 26.2. The van der Waals surface area contributed by atoms with Crippen LogP contribution in [0.4, 0.5) is 5.69 Å². The van der Waals surface area contributed by atoms with Crippen molar-refractivity contribution in [2.45, 2.75) is 52.2 Å². The molecule has 0 unspecified atom stereocenters. The van der Waals surface area contributed by atoms with Crippen LogP contribution in [0.3, 0.4) is 0 Å². The number of anilines is 1. The first-order valence-electron chi connectivity index (χ1n) is 11.0. The Morgan fingerprint density at radius 1 is 0.972 bits per heavy atom. The number of carbonyl (C=O) groups excluding carboxylic acids is 2. The Balaban J connectivity index is 2.52. The maximum atomic E-state index is 13.7. The van der Waals surface area contributed by atoms with E-state index >= 15 is 0 Å². The number of nitrogens with zero attached hydrogens (tertiary/aromatic N) is 2. The van der Waals surface area contributed by atoms with Crippen LogP contribution < -0.4 is 9.62 Å². The second-order valence-corrected chi connectivity index (χ2v) is 12.9. The first kappa shape index (κ1) is 30.5. The highest BCUT2D eigenvalue weighted by Crippen LogP contribution is 2.29. The number of nitrogens with one attached hydrogen (secondary N) is 1. The highest BCUT2D eigenvalue weighted by Gasteiger charge is 2.33. The Kier molecular flexibility index (Phi) is 10.4. The van der Waals surface area contributed by atoms with Gasteiger partial charge in [0.1, 0.15) is 12.6 Å². The summed E-state index contributed by atoms with van der Waals surface area (Å²) in [6.45, 7) is 6.65. The number of hydrogen-bond acceptors (Lipinski definition) is 4. The lowest BCUT2D eigenvalue weighted by molar-refractivity contribution is -0.141. The number of halogens is 4. The molecule has 198 valence electrons. The van der Waals surface area contributed by atoms with E-state index in [1.54, 1.807) is 19.1 Å². The zero-order valence-corrected chi connectivity index (χ0v) is 24.5. The fourth-order valence-electron chi connectivity index (χ4n) is 3.46. The lowest BCUT2D eigenvalue weighted by Gasteiger charge is -2.34. The highest BCUT2D eigenvalue weighted by atomic mass is 35.5. The Morgan fingerprint density at radius 2 is 1.61 bits per heavy atom. The number of rotatable bonds is 9. The summed E-state index contributed by atoms with van der Waals surface area (Å²) in [7, 11) is -3.90. The first-order chi connectivity index (χ1) is 16.5. The number of benzene rings is 2. The van der Waals surface area contributed by atoms with E-state index in [1.807, 2.05) is 20.8 Å². The van der Waals surface area contributed by atoms with Crippen LogP contribution >= 0.6 is 46.4 Å². The smallest absolute Gasteiger partial charge is 0.244 e. The van der Waals surface area contributed by atoms with Crippen LogP contribution in [-0.2, 0) is 26.2 Å². The van der Waals surface area contributed by atoms with Crippen molar-refractivity contribution in [3.05, 3.63) is 62.1 Å². The molecule has 2 amide bonds. The minimum absolute atomic E-state index is 0.0378. The molecular formula is C24H29Cl4N3O4S. The van der Waals surface area contributed by atoms with Crippen molar-refractivity contribution >= 4 is 73.9 Å². The molecule has 36 heavy (non-hydrogen) atoms. The van der Waals surface area contributed by atoms with Crippen molar-refractivity contribution in [2.75, 3.05) is 17.1 Å². The predicted molar refractivity (Wildman–Crippen MR) is 148 cm³/mol. The molecule has 0 bridgehead atoms. The van der Waals surface area contributed by atoms with Gasteiger partial charge >= 0.3 is 0 Å². The van der Waals surface area contributed by atoms with Crippen molar-refractivity contribution < 1.29 is 18.0 Å². The molecule has 0 aliphatic rings. The molecule has 0 saturated heterocycles. The zero-order valence-electron chi connectivity index (χ0n) is 20.6. The fraction of sp³-hybridized carbons (Fsp3) is 0.417. The summed E-state index contributed by atoms with van der Waals surface area (Å²) in [6, 6.07) is 8.19. The van der Waals surface area contributed by atoms with Crippen LogP contribution in [0, 0.1) is 0 Å². The van der Waals surface area contributed by atoms with Gasteiger partial charge in [0, 0.05) is 22.1 Å². The minimum Gasteiger partial charge on any atom is -0.350 e. The van der Waals surface area contributed by atoms with Gasteiger partial charge in [-0.05, 0) is 63.1 Å². The second kappa shape index (κ2) is 12.2. The fourth-order valence-corrected chi connectivity index (χ4v) is 5.06. The minimum atomic E-state index is -3.90. The van der Waals surface area contributed by atoms with Gasteiger partial charge in [0.15, 0.2) is 0 Å². The molecule has 1 N–H and O–H groups in total. The van der Waals surface area contributed by atoms with E-state index in [2.05, 4.69) is 5.32 Å². The Morgan fingerprint density at radius 3 is 2.11 bits per heavy atom. The van der Waals surface area contributed by atoms with Crippen molar-refractivity contribution in [3.8, 4) is 0 Å². The van der Waals surface area contributed by atoms with Gasteiger partial charge in [-0.25, -0.2) is 8.42 Å². The van der Waals surface area contributed by atoms with Gasteiger partial charge in [-0.3, -0.25) is 13.9 Å². The van der Waals surface area contributed by atoms with Gasteiger partial charge in [0.25, 0.3) is 0 Å². The summed E-state index contributed by atoms with van der Waals surface area (Å²) in [5.41, 5.74) is 0.171. The van der Waals surface area contributed by atoms with E-state index in [4.69, 9.17) is 46.4 Å². The van der Waals surface area contributed by atoms with Crippen molar-refractivity contribution in [1.29, 1.82) is 0 Å². The van der Waals surface area contributed by atoms with Gasteiger partial charge in [0.2, 0.25) is 21.8 Å². The molecule has 12 heteroatoms. The summed E-state index contributed by atoms with van der Waals surface area (Å²) in [5.74, 6) is -0.975. The lowest BCUT2D eigenvalue weighted by Crippen LogP contribution is -2.55. The van der Waals surface area contributed by atoms with E-state index in [-0.39, 0.29) is 34.6 Å². The standard InChI is InChI=1S/C24H29Cl4N3O4S/c1-6-21(23(33)29-24(2,3)4)30(13-15-7-8-16(25)11-19(15)27)22(32)14-31(36(5,34)35)17-9-10-18(26)20(28)12-17/h7-12,21H,6,13-14H2,1-5H3,(H,29,33)/t21-/m0/s1. The van der Waals surface area contributed by atoms with E-state index in [9.17, 15) is 18.0 Å². The third-order valence-corrected chi connectivity index (χ3v) is 7.58. The summed E-state index contributed by atoms with van der Waals surface area (Å²) in [6.07, 6.45) is 1.26. The Hall–Kier alpha value is -1.71. The summed E-state index contributed by atoms with van der Waals surface area (Å²) >= 11 is 24.5. The molecule has 2 aromatic rings. The van der Waals surface area contributed by atoms with Crippen LogP contribution in [0.25, 0.3) is 0 Å². The molecule has 2 aromatic carbocycles. The molecule has 0 aromatic heterocycles. The third kappa shape index (κ3) is 8.42. The largest absolute Gasteiger partial charge is 0.350 e. The topological polar surface area (TPSA) is 86.8 Å². The molecule has 0 heterocycles. The average Bonchev–Trinajstić information content (AvgIpc) is 2.73. The molecule has 0 aliphatic carbocycles. The van der Waals surface area contributed by atoms with Gasteiger partial charge in [-0.2, -0.15) is 0 Å².